The quantitative estimate of drug-likeness (QED) is 0.846. The van der Waals surface area contributed by atoms with Crippen molar-refractivity contribution in [3.8, 4) is 0 Å². The van der Waals surface area contributed by atoms with E-state index in [4.69, 9.17) is 0 Å². The normalized spacial score (nSPS) is 15.6. The van der Waals surface area contributed by atoms with Crippen LogP contribution in [0.5, 0.6) is 0 Å². The molecular weight excluding hydrogens is 291 g/mol. The van der Waals surface area contributed by atoms with Crippen LogP contribution >= 0.6 is 15.9 Å². The molecule has 1 saturated heterocycles. The molecule has 17 heavy (non-hydrogen) atoms. The number of carbonyl (C=O) groups is 2. The number of hydrogen-bond acceptors (Lipinski definition) is 2. The fourth-order valence-electron chi connectivity index (χ4n) is 1.65. The summed E-state index contributed by atoms with van der Waals surface area (Å²) in [6, 6.07) is 4.27. The zero-order valence-corrected chi connectivity index (χ0v) is 10.5. The summed E-state index contributed by atoms with van der Waals surface area (Å²) < 4.78 is 13.4. The molecule has 0 aliphatic carbocycles. The van der Waals surface area contributed by atoms with Crippen molar-refractivity contribution in [2.45, 2.75) is 0 Å². The third-order valence-electron chi connectivity index (χ3n) is 2.51. The summed E-state index contributed by atoms with van der Waals surface area (Å²) in [6.45, 7) is 0.882. The van der Waals surface area contributed by atoms with Gasteiger partial charge in [-0.15, -0.1) is 0 Å². The molecule has 0 bridgehead atoms. The molecule has 2 rings (SSSR count). The molecule has 1 aromatic carbocycles. The lowest BCUT2D eigenvalue weighted by molar-refractivity contribution is -0.123. The average molecular weight is 301 g/mol. The minimum absolute atomic E-state index is 0.0157. The van der Waals surface area contributed by atoms with E-state index in [0.29, 0.717) is 13.1 Å². The van der Waals surface area contributed by atoms with Gasteiger partial charge < -0.3 is 10.2 Å². The zero-order chi connectivity index (χ0) is 12.4. The van der Waals surface area contributed by atoms with E-state index >= 15 is 0 Å². The Morgan fingerprint density at radius 3 is 2.94 bits per heavy atom. The highest BCUT2D eigenvalue weighted by atomic mass is 79.9. The minimum Gasteiger partial charge on any atom is -0.353 e. The fourth-order valence-corrected chi connectivity index (χ4v) is 2.09. The molecular formula is C11H10BrFN2O2. The Morgan fingerprint density at radius 1 is 1.47 bits per heavy atom. The van der Waals surface area contributed by atoms with Crippen molar-refractivity contribution in [3.05, 3.63) is 34.1 Å². The third-order valence-corrected chi connectivity index (χ3v) is 3.31. The molecule has 0 radical (unpaired) electrons. The second kappa shape index (κ2) is 4.83. The van der Waals surface area contributed by atoms with Crippen LogP contribution in [0.1, 0.15) is 10.4 Å². The van der Waals surface area contributed by atoms with E-state index in [9.17, 15) is 14.0 Å². The topological polar surface area (TPSA) is 49.4 Å². The van der Waals surface area contributed by atoms with Gasteiger partial charge in [0, 0.05) is 13.1 Å². The Balaban J connectivity index is 2.24. The SMILES string of the molecule is O=C1CN(C(=O)c2cccc(F)c2Br)CCN1. The molecule has 1 heterocycles. The molecule has 1 aliphatic heterocycles. The molecule has 1 aromatic rings. The molecule has 90 valence electrons. The molecule has 2 amide bonds. The highest BCUT2D eigenvalue weighted by molar-refractivity contribution is 9.10. The highest BCUT2D eigenvalue weighted by Crippen LogP contribution is 2.22. The lowest BCUT2D eigenvalue weighted by atomic mass is 10.2. The number of nitrogens with zero attached hydrogens (tertiary/aromatic N) is 1. The Morgan fingerprint density at radius 2 is 2.24 bits per heavy atom. The number of rotatable bonds is 1. The van der Waals surface area contributed by atoms with Gasteiger partial charge in [-0.1, -0.05) is 6.07 Å². The van der Waals surface area contributed by atoms with Crippen LogP contribution in [0.2, 0.25) is 0 Å². The predicted molar refractivity (Wildman–Crippen MR) is 63.0 cm³/mol. The van der Waals surface area contributed by atoms with Gasteiger partial charge in [-0.05, 0) is 28.1 Å². The first-order valence-electron chi connectivity index (χ1n) is 5.09. The second-order valence-electron chi connectivity index (χ2n) is 3.68. The zero-order valence-electron chi connectivity index (χ0n) is 8.87. The number of amides is 2. The van der Waals surface area contributed by atoms with Crippen molar-refractivity contribution < 1.29 is 14.0 Å². The maximum absolute atomic E-state index is 13.3. The molecule has 1 aliphatic rings. The van der Waals surface area contributed by atoms with E-state index in [1.54, 1.807) is 0 Å². The third kappa shape index (κ3) is 2.46. The monoisotopic (exact) mass is 300 g/mol. The first-order chi connectivity index (χ1) is 8.09. The fraction of sp³-hybridized carbons (Fsp3) is 0.273. The van der Waals surface area contributed by atoms with E-state index in [1.165, 1.54) is 23.1 Å². The van der Waals surface area contributed by atoms with Crippen molar-refractivity contribution in [1.82, 2.24) is 10.2 Å². The van der Waals surface area contributed by atoms with Gasteiger partial charge in [-0.2, -0.15) is 0 Å². The van der Waals surface area contributed by atoms with Crippen LogP contribution in [0, 0.1) is 5.82 Å². The van der Waals surface area contributed by atoms with Crippen molar-refractivity contribution in [3.63, 3.8) is 0 Å². The molecule has 1 fully saturated rings. The Kier molecular flexibility index (Phi) is 3.42. The summed E-state index contributed by atoms with van der Waals surface area (Å²) in [5, 5.41) is 2.63. The first kappa shape index (κ1) is 12.0. The molecule has 0 saturated carbocycles. The van der Waals surface area contributed by atoms with E-state index in [-0.39, 0.29) is 28.4 Å². The predicted octanol–water partition coefficient (Wildman–Crippen LogP) is 1.16. The van der Waals surface area contributed by atoms with E-state index in [2.05, 4.69) is 21.2 Å². The van der Waals surface area contributed by atoms with Gasteiger partial charge in [0.25, 0.3) is 5.91 Å². The van der Waals surface area contributed by atoms with E-state index in [1.807, 2.05) is 0 Å². The molecule has 1 N–H and O–H groups in total. The molecule has 0 atom stereocenters. The van der Waals surface area contributed by atoms with Gasteiger partial charge in [-0.3, -0.25) is 9.59 Å². The first-order valence-corrected chi connectivity index (χ1v) is 5.89. The van der Waals surface area contributed by atoms with Gasteiger partial charge in [0.15, 0.2) is 0 Å². The number of nitrogens with one attached hydrogen (secondary N) is 1. The van der Waals surface area contributed by atoms with Crippen LogP contribution in [0.15, 0.2) is 22.7 Å². The number of carbonyl (C=O) groups excluding carboxylic acids is 2. The number of hydrogen-bond donors (Lipinski definition) is 1. The lowest BCUT2D eigenvalue weighted by Gasteiger charge is -2.27. The van der Waals surface area contributed by atoms with Crippen LogP contribution < -0.4 is 5.32 Å². The number of piperazine rings is 1. The Labute approximate surface area is 106 Å². The lowest BCUT2D eigenvalue weighted by Crippen LogP contribution is -2.50. The van der Waals surface area contributed by atoms with Gasteiger partial charge in [0.1, 0.15) is 5.82 Å². The molecule has 0 aromatic heterocycles. The van der Waals surface area contributed by atoms with Crippen molar-refractivity contribution >= 4 is 27.7 Å². The second-order valence-corrected chi connectivity index (χ2v) is 4.47. The summed E-state index contributed by atoms with van der Waals surface area (Å²) in [6.07, 6.45) is 0. The van der Waals surface area contributed by atoms with E-state index in [0.717, 1.165) is 0 Å². The van der Waals surface area contributed by atoms with Crippen molar-refractivity contribution in [2.24, 2.45) is 0 Å². The van der Waals surface area contributed by atoms with E-state index < -0.39 is 5.82 Å². The maximum Gasteiger partial charge on any atom is 0.255 e. The van der Waals surface area contributed by atoms with Gasteiger partial charge in [-0.25, -0.2) is 4.39 Å². The largest absolute Gasteiger partial charge is 0.353 e. The summed E-state index contributed by atoms with van der Waals surface area (Å²) in [5.74, 6) is -1.03. The standard InChI is InChI=1S/C11H10BrFN2O2/c12-10-7(2-1-3-8(10)13)11(17)15-5-4-14-9(16)6-15/h1-3H,4-6H2,(H,14,16). The van der Waals surface area contributed by atoms with Gasteiger partial charge in [0.05, 0.1) is 16.6 Å². The van der Waals surface area contributed by atoms with Crippen LogP contribution in [-0.2, 0) is 4.79 Å². The van der Waals surface area contributed by atoms with Crippen LogP contribution in [-0.4, -0.2) is 36.3 Å². The summed E-state index contributed by atoms with van der Waals surface area (Å²) in [4.78, 5) is 24.6. The average Bonchev–Trinajstić information content (AvgIpc) is 2.32. The number of benzene rings is 1. The molecule has 0 unspecified atom stereocenters. The summed E-state index contributed by atoms with van der Waals surface area (Å²) in [7, 11) is 0. The summed E-state index contributed by atoms with van der Waals surface area (Å²) in [5.41, 5.74) is 0.236. The molecule has 6 heteroatoms. The maximum atomic E-state index is 13.3. The van der Waals surface area contributed by atoms with Crippen molar-refractivity contribution in [2.75, 3.05) is 19.6 Å². The highest BCUT2D eigenvalue weighted by Gasteiger charge is 2.24. The Hall–Kier alpha value is -1.43. The minimum atomic E-state index is -0.489. The number of halogens is 2. The Bertz CT molecular complexity index is 479. The molecule has 0 spiro atoms. The smallest absolute Gasteiger partial charge is 0.255 e. The van der Waals surface area contributed by atoms with Gasteiger partial charge in [0.2, 0.25) is 5.91 Å². The summed E-state index contributed by atoms with van der Waals surface area (Å²) >= 11 is 3.04. The van der Waals surface area contributed by atoms with Crippen molar-refractivity contribution in [1.29, 1.82) is 0 Å². The van der Waals surface area contributed by atoms with Gasteiger partial charge >= 0.3 is 0 Å². The van der Waals surface area contributed by atoms with Crippen LogP contribution in [0.4, 0.5) is 4.39 Å². The molecule has 4 nitrogen and oxygen atoms in total. The van der Waals surface area contributed by atoms with Crippen LogP contribution in [0.3, 0.4) is 0 Å². The van der Waals surface area contributed by atoms with Crippen LogP contribution in [0.25, 0.3) is 0 Å².